The van der Waals surface area contributed by atoms with Crippen molar-refractivity contribution in [3.63, 3.8) is 0 Å². The van der Waals surface area contributed by atoms with Crippen LogP contribution in [0.4, 0.5) is 0 Å². The summed E-state index contributed by atoms with van der Waals surface area (Å²) >= 11 is 0. The summed E-state index contributed by atoms with van der Waals surface area (Å²) in [6, 6.07) is 7.45. The maximum absolute atomic E-state index is 10.4. The molecule has 90 valence electrons. The van der Waals surface area contributed by atoms with Crippen LogP contribution in [0.3, 0.4) is 0 Å². The Hall–Kier alpha value is -2.00. The van der Waals surface area contributed by atoms with E-state index in [1.165, 1.54) is 0 Å². The number of azide groups is 1. The van der Waals surface area contributed by atoms with Gasteiger partial charge in [-0.3, -0.25) is 4.79 Å². The summed E-state index contributed by atoms with van der Waals surface area (Å²) in [6.07, 6.45) is 1.16. The zero-order valence-electron chi connectivity index (χ0n) is 9.71. The molecular weight excluding hydrogens is 218 g/mol. The van der Waals surface area contributed by atoms with Gasteiger partial charge in [0.1, 0.15) is 0 Å². The second-order valence-electron chi connectivity index (χ2n) is 3.92. The van der Waals surface area contributed by atoms with Gasteiger partial charge in [0.2, 0.25) is 0 Å². The molecule has 0 aliphatic heterocycles. The van der Waals surface area contributed by atoms with Crippen molar-refractivity contribution in [2.75, 3.05) is 0 Å². The summed E-state index contributed by atoms with van der Waals surface area (Å²) < 4.78 is 0. The van der Waals surface area contributed by atoms with Crippen molar-refractivity contribution in [1.29, 1.82) is 0 Å². The van der Waals surface area contributed by atoms with Crippen molar-refractivity contribution in [2.24, 2.45) is 5.11 Å². The van der Waals surface area contributed by atoms with Crippen LogP contribution in [0.2, 0.25) is 0 Å². The van der Waals surface area contributed by atoms with Crippen molar-refractivity contribution in [2.45, 2.75) is 32.2 Å². The lowest BCUT2D eigenvalue weighted by Crippen LogP contribution is -1.99. The standard InChI is InChI=1S/C12H15N3O2/c1-9-5-7-10(8-6-9)11(14-15-13)3-2-4-12(16)17/h5-8,11H,2-4H2,1H3,(H,16,17). The first-order valence-corrected chi connectivity index (χ1v) is 5.46. The number of aliphatic carboxylic acids is 1. The molecule has 0 fully saturated rings. The van der Waals surface area contributed by atoms with Gasteiger partial charge in [-0.2, -0.15) is 0 Å². The predicted molar refractivity (Wildman–Crippen MR) is 64.6 cm³/mol. The molecule has 17 heavy (non-hydrogen) atoms. The number of rotatable bonds is 6. The molecule has 0 aromatic heterocycles. The lowest BCUT2D eigenvalue weighted by molar-refractivity contribution is -0.137. The Morgan fingerprint density at radius 2 is 2.12 bits per heavy atom. The van der Waals surface area contributed by atoms with Gasteiger partial charge in [-0.25, -0.2) is 0 Å². The first-order valence-electron chi connectivity index (χ1n) is 5.46. The fourth-order valence-corrected chi connectivity index (χ4v) is 1.59. The van der Waals surface area contributed by atoms with E-state index in [4.69, 9.17) is 10.6 Å². The highest BCUT2D eigenvalue weighted by Gasteiger charge is 2.10. The van der Waals surface area contributed by atoms with E-state index in [2.05, 4.69) is 10.0 Å². The van der Waals surface area contributed by atoms with Gasteiger partial charge in [0, 0.05) is 11.3 Å². The molecule has 0 saturated heterocycles. The quantitative estimate of drug-likeness (QED) is 0.462. The molecule has 0 aliphatic carbocycles. The third-order valence-electron chi connectivity index (χ3n) is 2.52. The molecular formula is C12H15N3O2. The molecule has 0 aliphatic rings. The van der Waals surface area contributed by atoms with E-state index >= 15 is 0 Å². The van der Waals surface area contributed by atoms with E-state index in [0.29, 0.717) is 12.8 Å². The van der Waals surface area contributed by atoms with Gasteiger partial charge in [-0.05, 0) is 30.9 Å². The zero-order chi connectivity index (χ0) is 12.7. The molecule has 0 saturated carbocycles. The molecule has 0 spiro atoms. The predicted octanol–water partition coefficient (Wildman–Crippen LogP) is 3.60. The minimum absolute atomic E-state index is 0.101. The minimum atomic E-state index is -0.825. The third-order valence-corrected chi connectivity index (χ3v) is 2.52. The van der Waals surface area contributed by atoms with Gasteiger partial charge in [0.05, 0.1) is 6.04 Å². The molecule has 1 atom stereocenters. The lowest BCUT2D eigenvalue weighted by Gasteiger charge is -2.10. The lowest BCUT2D eigenvalue weighted by atomic mass is 10.0. The fraction of sp³-hybridized carbons (Fsp3) is 0.417. The molecule has 1 aromatic rings. The van der Waals surface area contributed by atoms with E-state index in [-0.39, 0.29) is 12.5 Å². The fourth-order valence-electron chi connectivity index (χ4n) is 1.59. The highest BCUT2D eigenvalue weighted by Crippen LogP contribution is 2.24. The molecule has 1 N–H and O–H groups in total. The maximum Gasteiger partial charge on any atom is 0.303 e. The molecule has 1 unspecified atom stereocenters. The van der Waals surface area contributed by atoms with Crippen LogP contribution in [0.5, 0.6) is 0 Å². The van der Waals surface area contributed by atoms with Crippen molar-refractivity contribution in [1.82, 2.24) is 0 Å². The number of nitrogens with zero attached hydrogens (tertiary/aromatic N) is 3. The van der Waals surface area contributed by atoms with Crippen molar-refractivity contribution in [3.8, 4) is 0 Å². The van der Waals surface area contributed by atoms with Crippen molar-refractivity contribution >= 4 is 5.97 Å². The van der Waals surface area contributed by atoms with Crippen LogP contribution >= 0.6 is 0 Å². The number of hydrogen-bond acceptors (Lipinski definition) is 2. The van der Waals surface area contributed by atoms with Gasteiger partial charge < -0.3 is 5.11 Å². The molecule has 0 bridgehead atoms. The average Bonchev–Trinajstić information content (AvgIpc) is 2.29. The number of carboxylic acids is 1. The van der Waals surface area contributed by atoms with Crippen LogP contribution in [0.1, 0.15) is 36.4 Å². The molecule has 1 aromatic carbocycles. The molecule has 0 radical (unpaired) electrons. The average molecular weight is 233 g/mol. The van der Waals surface area contributed by atoms with Gasteiger partial charge in [-0.15, -0.1) is 0 Å². The van der Waals surface area contributed by atoms with Gasteiger partial charge in [0.15, 0.2) is 0 Å². The number of hydrogen-bond donors (Lipinski definition) is 1. The van der Waals surface area contributed by atoms with E-state index in [9.17, 15) is 4.79 Å². The van der Waals surface area contributed by atoms with Gasteiger partial charge in [-0.1, -0.05) is 34.9 Å². The summed E-state index contributed by atoms with van der Waals surface area (Å²) in [4.78, 5) is 13.2. The van der Waals surface area contributed by atoms with Crippen LogP contribution in [0.25, 0.3) is 10.4 Å². The number of carboxylic acid groups (broad SMARTS) is 1. The number of carbonyl (C=O) groups is 1. The Labute approximate surface area is 99.7 Å². The van der Waals surface area contributed by atoms with Gasteiger partial charge in [0.25, 0.3) is 0 Å². The van der Waals surface area contributed by atoms with Crippen molar-refractivity contribution in [3.05, 3.63) is 45.8 Å². The van der Waals surface area contributed by atoms with Crippen LogP contribution in [0.15, 0.2) is 29.4 Å². The van der Waals surface area contributed by atoms with Crippen LogP contribution in [-0.2, 0) is 4.79 Å². The SMILES string of the molecule is Cc1ccc(C(CCCC(=O)O)N=[N+]=[N-])cc1. The summed E-state index contributed by atoms with van der Waals surface area (Å²) in [7, 11) is 0. The van der Waals surface area contributed by atoms with Crippen LogP contribution in [-0.4, -0.2) is 11.1 Å². The third kappa shape index (κ3) is 4.57. The molecule has 1 rings (SSSR count). The maximum atomic E-state index is 10.4. The Morgan fingerprint density at radius 1 is 1.47 bits per heavy atom. The van der Waals surface area contributed by atoms with Crippen LogP contribution < -0.4 is 0 Å². The summed E-state index contributed by atoms with van der Waals surface area (Å²) in [5.41, 5.74) is 10.6. The first-order chi connectivity index (χ1) is 8.13. The molecule has 0 amide bonds. The zero-order valence-corrected chi connectivity index (χ0v) is 9.71. The summed E-state index contributed by atoms with van der Waals surface area (Å²) in [5.74, 6) is -0.825. The first kappa shape index (κ1) is 13.1. The van der Waals surface area contributed by atoms with E-state index in [0.717, 1.165) is 11.1 Å². The highest BCUT2D eigenvalue weighted by atomic mass is 16.4. The van der Waals surface area contributed by atoms with E-state index in [1.54, 1.807) is 0 Å². The Kier molecular flexibility index (Phi) is 5.04. The monoisotopic (exact) mass is 233 g/mol. The molecule has 5 nitrogen and oxygen atoms in total. The smallest absolute Gasteiger partial charge is 0.303 e. The Morgan fingerprint density at radius 3 is 2.65 bits per heavy atom. The number of benzene rings is 1. The van der Waals surface area contributed by atoms with Gasteiger partial charge >= 0.3 is 5.97 Å². The minimum Gasteiger partial charge on any atom is -0.481 e. The van der Waals surface area contributed by atoms with E-state index < -0.39 is 5.97 Å². The Balaban J connectivity index is 2.68. The second-order valence-corrected chi connectivity index (χ2v) is 3.92. The topological polar surface area (TPSA) is 86.1 Å². The largest absolute Gasteiger partial charge is 0.481 e. The van der Waals surface area contributed by atoms with E-state index in [1.807, 2.05) is 31.2 Å². The highest BCUT2D eigenvalue weighted by molar-refractivity contribution is 5.66. The second kappa shape index (κ2) is 6.55. The Bertz CT molecular complexity index is 422. The summed E-state index contributed by atoms with van der Waals surface area (Å²) in [5, 5.41) is 12.3. The number of aryl methyl sites for hydroxylation is 1. The summed E-state index contributed by atoms with van der Waals surface area (Å²) in [6.45, 7) is 1.98. The van der Waals surface area contributed by atoms with Crippen LogP contribution in [0, 0.1) is 6.92 Å². The molecule has 0 heterocycles. The normalized spacial score (nSPS) is 11.6. The van der Waals surface area contributed by atoms with Crippen molar-refractivity contribution < 1.29 is 9.90 Å². The molecule has 5 heteroatoms.